The summed E-state index contributed by atoms with van der Waals surface area (Å²) in [4.78, 5) is 14.6. The van der Waals surface area contributed by atoms with E-state index in [9.17, 15) is 13.6 Å². The van der Waals surface area contributed by atoms with Crippen molar-refractivity contribution in [2.75, 3.05) is 13.1 Å². The molecule has 0 aliphatic carbocycles. The number of nitrogens with zero attached hydrogens (tertiary/aromatic N) is 2. The summed E-state index contributed by atoms with van der Waals surface area (Å²) in [5, 5.41) is 3.77. The molecule has 0 spiro atoms. The maximum atomic E-state index is 13.8. The van der Waals surface area contributed by atoms with Crippen LogP contribution in [0, 0.1) is 17.6 Å². The Bertz CT molecular complexity index is 740. The van der Waals surface area contributed by atoms with E-state index in [4.69, 9.17) is 4.52 Å². The van der Waals surface area contributed by atoms with Crippen LogP contribution in [0.1, 0.15) is 54.3 Å². The van der Waals surface area contributed by atoms with E-state index in [2.05, 4.69) is 5.16 Å². The molecule has 0 bridgehead atoms. The molecule has 2 heterocycles. The molecule has 1 atom stereocenters. The fraction of sp³-hybridized carbons (Fsp3) is 0.500. The topological polar surface area (TPSA) is 46.3 Å². The predicted molar refractivity (Wildman–Crippen MR) is 93.8 cm³/mol. The van der Waals surface area contributed by atoms with E-state index in [0.29, 0.717) is 43.7 Å². The fourth-order valence-corrected chi connectivity index (χ4v) is 3.62. The number of aryl methyl sites for hydroxylation is 1. The van der Waals surface area contributed by atoms with E-state index in [1.165, 1.54) is 24.4 Å². The van der Waals surface area contributed by atoms with E-state index in [1.807, 2.05) is 11.8 Å². The van der Waals surface area contributed by atoms with Crippen molar-refractivity contribution in [1.82, 2.24) is 10.1 Å². The highest BCUT2D eigenvalue weighted by atomic mass is 19.1. The largest absolute Gasteiger partial charge is 0.361 e. The van der Waals surface area contributed by atoms with Crippen molar-refractivity contribution >= 4 is 5.91 Å². The second-order valence-electron chi connectivity index (χ2n) is 6.91. The summed E-state index contributed by atoms with van der Waals surface area (Å²) < 4.78 is 32.8. The molecular formula is C20H24F2N2O2. The van der Waals surface area contributed by atoms with Crippen LogP contribution in [0.3, 0.4) is 0 Å². The van der Waals surface area contributed by atoms with Crippen LogP contribution in [0.5, 0.6) is 0 Å². The van der Waals surface area contributed by atoms with Gasteiger partial charge in [-0.15, -0.1) is 0 Å². The first-order valence-electron chi connectivity index (χ1n) is 9.25. The second-order valence-corrected chi connectivity index (χ2v) is 6.91. The molecule has 0 N–H and O–H groups in total. The lowest BCUT2D eigenvalue weighted by molar-refractivity contribution is 0.0665. The van der Waals surface area contributed by atoms with Crippen LogP contribution >= 0.6 is 0 Å². The van der Waals surface area contributed by atoms with Gasteiger partial charge in [0.25, 0.3) is 5.91 Å². The van der Waals surface area contributed by atoms with Gasteiger partial charge in [0.2, 0.25) is 0 Å². The summed E-state index contributed by atoms with van der Waals surface area (Å²) in [7, 11) is 0. The van der Waals surface area contributed by atoms with Gasteiger partial charge in [-0.25, -0.2) is 8.78 Å². The summed E-state index contributed by atoms with van der Waals surface area (Å²) in [5.41, 5.74) is 0.674. The number of hydrogen-bond acceptors (Lipinski definition) is 3. The number of carbonyl (C=O) groups is 1. The number of benzene rings is 1. The molecule has 0 radical (unpaired) electrons. The summed E-state index contributed by atoms with van der Waals surface area (Å²) >= 11 is 0. The van der Waals surface area contributed by atoms with Gasteiger partial charge in [-0.2, -0.15) is 0 Å². The van der Waals surface area contributed by atoms with Gasteiger partial charge in [0.05, 0.1) is 6.20 Å². The molecule has 2 aromatic rings. The summed E-state index contributed by atoms with van der Waals surface area (Å²) in [5.74, 6) is -0.185. The highest BCUT2D eigenvalue weighted by Crippen LogP contribution is 2.25. The van der Waals surface area contributed by atoms with E-state index >= 15 is 0 Å². The first kappa shape index (κ1) is 18.5. The first-order chi connectivity index (χ1) is 12.6. The predicted octanol–water partition coefficient (Wildman–Crippen LogP) is 4.39. The third kappa shape index (κ3) is 4.11. The maximum absolute atomic E-state index is 13.8. The zero-order valence-electron chi connectivity index (χ0n) is 15.0. The van der Waals surface area contributed by atoms with Crippen LogP contribution in [0.2, 0.25) is 0 Å². The zero-order chi connectivity index (χ0) is 18.5. The third-order valence-corrected chi connectivity index (χ3v) is 5.02. The summed E-state index contributed by atoms with van der Waals surface area (Å²) in [6.07, 6.45) is 5.92. The Morgan fingerprint density at radius 2 is 2.08 bits per heavy atom. The monoisotopic (exact) mass is 362 g/mol. The van der Waals surface area contributed by atoms with Crippen molar-refractivity contribution < 1.29 is 18.1 Å². The number of amides is 1. The van der Waals surface area contributed by atoms with Gasteiger partial charge in [0, 0.05) is 25.1 Å². The zero-order valence-corrected chi connectivity index (χ0v) is 15.0. The lowest BCUT2D eigenvalue weighted by atomic mass is 9.91. The lowest BCUT2D eigenvalue weighted by Crippen LogP contribution is -2.40. The standard InChI is InChI=1S/C20H24F2N2O2/c1-2-5-19-16(12-23-26-19)20(25)24-11-4-6-14(13-24)9-10-15-17(21)7-3-8-18(15)22/h3,7-8,12,14H,2,4-6,9-11,13H2,1H3. The third-order valence-electron chi connectivity index (χ3n) is 5.02. The average molecular weight is 362 g/mol. The molecule has 1 unspecified atom stereocenters. The second kappa shape index (κ2) is 8.43. The van der Waals surface area contributed by atoms with Crippen LogP contribution in [-0.2, 0) is 12.8 Å². The molecule has 1 aromatic carbocycles. The van der Waals surface area contributed by atoms with E-state index in [0.717, 1.165) is 19.3 Å². The maximum Gasteiger partial charge on any atom is 0.259 e. The molecule has 4 nitrogen and oxygen atoms in total. The summed E-state index contributed by atoms with van der Waals surface area (Å²) in [6.45, 7) is 3.32. The van der Waals surface area contributed by atoms with E-state index in [-0.39, 0.29) is 17.4 Å². The molecule has 140 valence electrons. The molecule has 3 rings (SSSR count). The van der Waals surface area contributed by atoms with Gasteiger partial charge in [-0.1, -0.05) is 18.1 Å². The van der Waals surface area contributed by atoms with Crippen LogP contribution in [-0.4, -0.2) is 29.1 Å². The van der Waals surface area contributed by atoms with Crippen molar-refractivity contribution in [3.05, 3.63) is 52.9 Å². The lowest BCUT2D eigenvalue weighted by Gasteiger charge is -2.32. The Hall–Kier alpha value is -2.24. The van der Waals surface area contributed by atoms with Gasteiger partial charge in [0.15, 0.2) is 0 Å². The minimum Gasteiger partial charge on any atom is -0.361 e. The van der Waals surface area contributed by atoms with Crippen LogP contribution < -0.4 is 0 Å². The smallest absolute Gasteiger partial charge is 0.259 e. The van der Waals surface area contributed by atoms with Crippen molar-refractivity contribution in [3.8, 4) is 0 Å². The van der Waals surface area contributed by atoms with Gasteiger partial charge in [0.1, 0.15) is 23.0 Å². The van der Waals surface area contributed by atoms with Gasteiger partial charge in [-0.05, 0) is 50.2 Å². The summed E-state index contributed by atoms with van der Waals surface area (Å²) in [6, 6.07) is 3.95. The van der Waals surface area contributed by atoms with Crippen molar-refractivity contribution in [2.24, 2.45) is 5.92 Å². The van der Waals surface area contributed by atoms with Crippen molar-refractivity contribution in [2.45, 2.75) is 45.4 Å². The van der Waals surface area contributed by atoms with Gasteiger partial charge < -0.3 is 9.42 Å². The van der Waals surface area contributed by atoms with Crippen LogP contribution in [0.15, 0.2) is 28.9 Å². The number of carbonyl (C=O) groups excluding carboxylic acids is 1. The molecule has 1 saturated heterocycles. The normalized spacial score (nSPS) is 17.5. The number of hydrogen-bond donors (Lipinski definition) is 0. The average Bonchev–Trinajstić information content (AvgIpc) is 3.09. The molecular weight excluding hydrogens is 338 g/mol. The highest BCUT2D eigenvalue weighted by Gasteiger charge is 2.27. The first-order valence-corrected chi connectivity index (χ1v) is 9.25. The molecule has 26 heavy (non-hydrogen) atoms. The minimum atomic E-state index is -0.498. The Kier molecular flexibility index (Phi) is 6.01. The Balaban J connectivity index is 1.62. The SMILES string of the molecule is CCCc1oncc1C(=O)N1CCCC(CCc2c(F)cccc2F)C1. The number of aromatic nitrogens is 1. The van der Waals surface area contributed by atoms with E-state index < -0.39 is 11.6 Å². The van der Waals surface area contributed by atoms with Gasteiger partial charge >= 0.3 is 0 Å². The number of likely N-dealkylation sites (tertiary alicyclic amines) is 1. The number of piperidine rings is 1. The van der Waals surface area contributed by atoms with E-state index in [1.54, 1.807) is 0 Å². The Morgan fingerprint density at radius 3 is 2.81 bits per heavy atom. The molecule has 6 heteroatoms. The molecule has 0 saturated carbocycles. The molecule has 1 fully saturated rings. The number of rotatable bonds is 6. The minimum absolute atomic E-state index is 0.0588. The van der Waals surface area contributed by atoms with Crippen LogP contribution in [0.4, 0.5) is 8.78 Å². The highest BCUT2D eigenvalue weighted by molar-refractivity contribution is 5.94. The molecule has 1 aliphatic rings. The fourth-order valence-electron chi connectivity index (χ4n) is 3.62. The quantitative estimate of drug-likeness (QED) is 0.766. The number of halogens is 2. The van der Waals surface area contributed by atoms with Gasteiger partial charge in [-0.3, -0.25) is 4.79 Å². The molecule has 1 aliphatic heterocycles. The molecule has 1 aromatic heterocycles. The Labute approximate surface area is 152 Å². The van der Waals surface area contributed by atoms with Crippen molar-refractivity contribution in [1.29, 1.82) is 0 Å². The van der Waals surface area contributed by atoms with Crippen molar-refractivity contribution in [3.63, 3.8) is 0 Å². The molecule has 1 amide bonds. The Morgan fingerprint density at radius 1 is 1.31 bits per heavy atom. The van der Waals surface area contributed by atoms with Crippen LogP contribution in [0.25, 0.3) is 0 Å².